The summed E-state index contributed by atoms with van der Waals surface area (Å²) in [6, 6.07) is 73.5. The lowest BCUT2D eigenvalue weighted by atomic mass is 9.96. The Balaban J connectivity index is 1.10. The Kier molecular flexibility index (Phi) is 7.61. The summed E-state index contributed by atoms with van der Waals surface area (Å²) in [6.07, 6.45) is 0. The van der Waals surface area contributed by atoms with Crippen molar-refractivity contribution < 1.29 is 0 Å². The third kappa shape index (κ3) is 5.43. The number of nitrogens with zero attached hydrogens (tertiary/aromatic N) is 1. The van der Waals surface area contributed by atoms with Gasteiger partial charge in [0, 0.05) is 51.6 Å². The van der Waals surface area contributed by atoms with E-state index in [9.17, 15) is 0 Å². The summed E-state index contributed by atoms with van der Waals surface area (Å²) in [5.41, 5.74) is 10.7. The summed E-state index contributed by atoms with van der Waals surface area (Å²) in [6.45, 7) is 0. The maximum atomic E-state index is 2.50. The molecular weight excluding hydrogens is 703 g/mol. The zero-order valence-corrected chi connectivity index (χ0v) is 31.4. The van der Waals surface area contributed by atoms with Crippen molar-refractivity contribution >= 4 is 90.9 Å². The maximum absolute atomic E-state index is 2.50. The quantitative estimate of drug-likeness (QED) is 0.164. The molecule has 0 aliphatic heterocycles. The number of para-hydroxylation sites is 1. The van der Waals surface area contributed by atoms with Gasteiger partial charge in [-0.3, -0.25) is 0 Å². The molecule has 1 nitrogen and oxygen atoms in total. The van der Waals surface area contributed by atoms with Crippen LogP contribution in [-0.4, -0.2) is 0 Å². The number of rotatable bonds is 6. The smallest absolute Gasteiger partial charge is 0.0555 e. The molecule has 0 bridgehead atoms. The van der Waals surface area contributed by atoms with Gasteiger partial charge in [0.25, 0.3) is 0 Å². The molecule has 0 aliphatic carbocycles. The minimum Gasteiger partial charge on any atom is -0.309 e. The number of anilines is 3. The molecular formula is C52H33NS2. The molecule has 0 N–H and O–H groups in total. The Morgan fingerprint density at radius 1 is 0.309 bits per heavy atom. The van der Waals surface area contributed by atoms with E-state index < -0.39 is 0 Å². The Bertz CT molecular complexity index is 3220. The molecule has 3 heteroatoms. The summed E-state index contributed by atoms with van der Waals surface area (Å²) >= 11 is 3.73. The topological polar surface area (TPSA) is 3.24 Å². The van der Waals surface area contributed by atoms with Gasteiger partial charge in [-0.15, -0.1) is 22.7 Å². The van der Waals surface area contributed by atoms with Crippen LogP contribution in [-0.2, 0) is 0 Å². The third-order valence-corrected chi connectivity index (χ3v) is 13.1. The van der Waals surface area contributed by atoms with Crippen LogP contribution in [0.1, 0.15) is 0 Å². The van der Waals surface area contributed by atoms with Crippen molar-refractivity contribution in [2.24, 2.45) is 0 Å². The van der Waals surface area contributed by atoms with Crippen molar-refractivity contribution in [3.05, 3.63) is 200 Å². The lowest BCUT2D eigenvalue weighted by molar-refractivity contribution is 1.30. The zero-order valence-electron chi connectivity index (χ0n) is 29.8. The first kappa shape index (κ1) is 32.0. The van der Waals surface area contributed by atoms with Crippen molar-refractivity contribution in [2.75, 3.05) is 4.90 Å². The first-order chi connectivity index (χ1) is 27.3. The normalized spacial score (nSPS) is 11.6. The summed E-state index contributed by atoms with van der Waals surface area (Å²) in [5.74, 6) is 0. The lowest BCUT2D eigenvalue weighted by Crippen LogP contribution is -2.11. The van der Waals surface area contributed by atoms with Crippen molar-refractivity contribution in [3.63, 3.8) is 0 Å². The van der Waals surface area contributed by atoms with Gasteiger partial charge < -0.3 is 4.90 Å². The molecule has 0 atom stereocenters. The van der Waals surface area contributed by atoms with E-state index in [0.717, 1.165) is 11.4 Å². The highest BCUT2D eigenvalue weighted by molar-refractivity contribution is 7.26. The average molecular weight is 736 g/mol. The fraction of sp³-hybridized carbons (Fsp3) is 0. The van der Waals surface area contributed by atoms with Gasteiger partial charge in [0.2, 0.25) is 0 Å². The highest BCUT2D eigenvalue weighted by Crippen LogP contribution is 2.49. The molecule has 0 amide bonds. The standard InChI is InChI=1S/C52H33NS2/c1-2-13-37-32-39(31-30-34(37)12-1)36-28-26-35(27-29-36)38-14-9-15-40(33-38)53(46-21-11-25-50-52(46)44-18-5-8-23-48(44)55-50)45-20-6-3-16-41(45)42-19-10-24-49-51(42)43-17-4-7-22-47(43)54-49/h1-33H. The fourth-order valence-corrected chi connectivity index (χ4v) is 10.6. The number of fused-ring (bicyclic) bond motifs is 7. The zero-order chi connectivity index (χ0) is 36.3. The monoisotopic (exact) mass is 735 g/mol. The van der Waals surface area contributed by atoms with E-state index in [2.05, 4.69) is 205 Å². The molecule has 11 rings (SSSR count). The summed E-state index contributed by atoms with van der Waals surface area (Å²) in [4.78, 5) is 2.50. The first-order valence-electron chi connectivity index (χ1n) is 18.7. The van der Waals surface area contributed by atoms with Gasteiger partial charge in [-0.25, -0.2) is 0 Å². The molecule has 55 heavy (non-hydrogen) atoms. The van der Waals surface area contributed by atoms with Crippen LogP contribution in [0.4, 0.5) is 17.1 Å². The van der Waals surface area contributed by atoms with Crippen LogP contribution in [0.3, 0.4) is 0 Å². The van der Waals surface area contributed by atoms with E-state index in [-0.39, 0.29) is 0 Å². The third-order valence-electron chi connectivity index (χ3n) is 10.9. The van der Waals surface area contributed by atoms with E-state index in [1.165, 1.54) is 90.2 Å². The van der Waals surface area contributed by atoms with Crippen molar-refractivity contribution in [1.82, 2.24) is 0 Å². The SMILES string of the molecule is c1cc(-c2ccc(-c3ccc4ccccc4c3)cc2)cc(N(c2ccccc2-c2cccc3sc4ccccc4c23)c2cccc3sc4ccccc4c23)c1. The van der Waals surface area contributed by atoms with Crippen molar-refractivity contribution in [1.29, 1.82) is 0 Å². The van der Waals surface area contributed by atoms with E-state index in [0.29, 0.717) is 0 Å². The highest BCUT2D eigenvalue weighted by Gasteiger charge is 2.23. The van der Waals surface area contributed by atoms with Crippen LogP contribution in [0.15, 0.2) is 200 Å². The van der Waals surface area contributed by atoms with Crippen LogP contribution >= 0.6 is 22.7 Å². The predicted octanol–water partition coefficient (Wildman–Crippen LogP) is 16.0. The predicted molar refractivity (Wildman–Crippen MR) is 241 cm³/mol. The largest absolute Gasteiger partial charge is 0.309 e. The first-order valence-corrected chi connectivity index (χ1v) is 20.3. The van der Waals surface area contributed by atoms with Crippen molar-refractivity contribution in [3.8, 4) is 33.4 Å². The molecule has 0 unspecified atom stereocenters. The van der Waals surface area contributed by atoms with Gasteiger partial charge in [0.1, 0.15) is 0 Å². The number of thiophene rings is 2. The van der Waals surface area contributed by atoms with Crippen LogP contribution in [0, 0.1) is 0 Å². The molecule has 0 saturated heterocycles. The maximum Gasteiger partial charge on any atom is 0.0555 e. The van der Waals surface area contributed by atoms with E-state index >= 15 is 0 Å². The summed E-state index contributed by atoms with van der Waals surface area (Å²) in [5, 5.41) is 7.70. The lowest BCUT2D eigenvalue weighted by Gasteiger charge is -2.29. The van der Waals surface area contributed by atoms with Crippen molar-refractivity contribution in [2.45, 2.75) is 0 Å². The van der Waals surface area contributed by atoms with E-state index in [4.69, 9.17) is 0 Å². The van der Waals surface area contributed by atoms with Crippen LogP contribution in [0.25, 0.3) is 84.5 Å². The summed E-state index contributed by atoms with van der Waals surface area (Å²) < 4.78 is 5.20. The molecule has 0 aliphatic rings. The van der Waals surface area contributed by atoms with Crippen LogP contribution < -0.4 is 4.90 Å². The Labute approximate surface area is 327 Å². The molecule has 9 aromatic carbocycles. The van der Waals surface area contributed by atoms with Gasteiger partial charge in [0.05, 0.1) is 11.4 Å². The number of benzene rings is 9. The van der Waals surface area contributed by atoms with E-state index in [1.54, 1.807) is 0 Å². The van der Waals surface area contributed by atoms with Crippen LogP contribution in [0.2, 0.25) is 0 Å². The number of hydrogen-bond donors (Lipinski definition) is 0. The van der Waals surface area contributed by atoms with Gasteiger partial charge in [-0.2, -0.15) is 0 Å². The molecule has 0 spiro atoms. The van der Waals surface area contributed by atoms with Gasteiger partial charge in [-0.05, 0) is 93.2 Å². The molecule has 0 fully saturated rings. The Morgan fingerprint density at radius 3 is 1.62 bits per heavy atom. The number of hydrogen-bond acceptors (Lipinski definition) is 3. The van der Waals surface area contributed by atoms with E-state index in [1.807, 2.05) is 22.7 Å². The average Bonchev–Trinajstić information content (AvgIpc) is 3.83. The molecule has 0 saturated carbocycles. The minimum atomic E-state index is 1.12. The molecule has 258 valence electrons. The van der Waals surface area contributed by atoms with Gasteiger partial charge in [-0.1, -0.05) is 146 Å². The molecule has 2 aromatic heterocycles. The molecule has 11 aromatic rings. The highest BCUT2D eigenvalue weighted by atomic mass is 32.1. The second-order valence-corrected chi connectivity index (χ2v) is 16.2. The Morgan fingerprint density at radius 2 is 0.836 bits per heavy atom. The van der Waals surface area contributed by atoms with Gasteiger partial charge in [0.15, 0.2) is 0 Å². The second-order valence-electron chi connectivity index (χ2n) is 14.1. The van der Waals surface area contributed by atoms with Gasteiger partial charge >= 0.3 is 0 Å². The molecule has 2 heterocycles. The fourth-order valence-electron chi connectivity index (χ4n) is 8.29. The Hall–Kier alpha value is -6.52. The van der Waals surface area contributed by atoms with Crippen LogP contribution in [0.5, 0.6) is 0 Å². The minimum absolute atomic E-state index is 1.12. The second kappa shape index (κ2) is 13.1. The summed E-state index contributed by atoms with van der Waals surface area (Å²) in [7, 11) is 0. The molecule has 0 radical (unpaired) electrons.